The summed E-state index contributed by atoms with van der Waals surface area (Å²) in [5.41, 5.74) is 0. The van der Waals surface area contributed by atoms with Gasteiger partial charge in [-0.2, -0.15) is 0 Å². The van der Waals surface area contributed by atoms with Crippen LogP contribution in [0.15, 0.2) is 0 Å². The van der Waals surface area contributed by atoms with Crippen molar-refractivity contribution in [1.82, 2.24) is 15.1 Å². The monoisotopic (exact) mass is 239 g/mol. The maximum atomic E-state index is 3.48. The third-order valence-electron chi connectivity index (χ3n) is 4.55. The maximum Gasteiger partial charge on any atom is 0.0220 e. The average Bonchev–Trinajstić information content (AvgIpc) is 2.61. The van der Waals surface area contributed by atoms with Crippen molar-refractivity contribution in [2.24, 2.45) is 0 Å². The second-order valence-corrected chi connectivity index (χ2v) is 5.52. The molecule has 0 saturated carbocycles. The van der Waals surface area contributed by atoms with Crippen molar-refractivity contribution in [3.63, 3.8) is 0 Å². The van der Waals surface area contributed by atoms with Crippen molar-refractivity contribution in [3.05, 3.63) is 0 Å². The summed E-state index contributed by atoms with van der Waals surface area (Å²) in [5, 5.41) is 3.48. The van der Waals surface area contributed by atoms with Gasteiger partial charge in [-0.25, -0.2) is 0 Å². The number of hydrogen-bond acceptors (Lipinski definition) is 3. The fraction of sp³-hybridized carbons (Fsp3) is 1.00. The summed E-state index contributed by atoms with van der Waals surface area (Å²) in [4.78, 5) is 5.46. The normalized spacial score (nSPS) is 30.4. The molecule has 2 heterocycles. The molecule has 1 N–H and O–H groups in total. The first-order chi connectivity index (χ1) is 8.35. The van der Waals surface area contributed by atoms with Crippen LogP contribution in [-0.2, 0) is 0 Å². The Bertz CT molecular complexity index is 214. The predicted molar refractivity (Wildman–Crippen MR) is 73.4 cm³/mol. The summed E-state index contributed by atoms with van der Waals surface area (Å²) in [6.45, 7) is 12.2. The molecule has 0 spiro atoms. The van der Waals surface area contributed by atoms with Crippen LogP contribution in [0, 0.1) is 0 Å². The van der Waals surface area contributed by atoms with E-state index in [-0.39, 0.29) is 0 Å². The molecule has 0 bridgehead atoms. The summed E-state index contributed by atoms with van der Waals surface area (Å²) in [7, 11) is 0. The van der Waals surface area contributed by atoms with Gasteiger partial charge in [-0.05, 0) is 58.4 Å². The lowest BCUT2D eigenvalue weighted by atomic mass is 10.0. The molecule has 1 unspecified atom stereocenters. The Balaban J connectivity index is 1.93. The maximum absolute atomic E-state index is 3.48. The van der Waals surface area contributed by atoms with Crippen molar-refractivity contribution in [2.75, 3.05) is 39.3 Å². The minimum absolute atomic E-state index is 0.789. The van der Waals surface area contributed by atoms with E-state index in [1.54, 1.807) is 0 Å². The number of rotatable bonds is 3. The molecule has 0 amide bonds. The largest absolute Gasteiger partial charge is 0.317 e. The summed E-state index contributed by atoms with van der Waals surface area (Å²) < 4.78 is 0. The molecule has 3 nitrogen and oxygen atoms in total. The molecule has 0 aromatic rings. The van der Waals surface area contributed by atoms with E-state index in [1.165, 1.54) is 65.0 Å². The fourth-order valence-corrected chi connectivity index (χ4v) is 3.44. The number of nitrogens with zero attached hydrogens (tertiary/aromatic N) is 2. The third-order valence-corrected chi connectivity index (χ3v) is 4.55. The summed E-state index contributed by atoms with van der Waals surface area (Å²) >= 11 is 0. The number of hydrogen-bond donors (Lipinski definition) is 1. The van der Waals surface area contributed by atoms with Crippen LogP contribution in [0.25, 0.3) is 0 Å². The van der Waals surface area contributed by atoms with E-state index in [0.29, 0.717) is 0 Å². The Labute approximate surface area is 107 Å². The van der Waals surface area contributed by atoms with Gasteiger partial charge in [0.1, 0.15) is 0 Å². The molecule has 2 fully saturated rings. The van der Waals surface area contributed by atoms with Gasteiger partial charge in [0.05, 0.1) is 0 Å². The van der Waals surface area contributed by atoms with Crippen LogP contribution in [-0.4, -0.2) is 61.2 Å². The van der Waals surface area contributed by atoms with E-state index in [0.717, 1.165) is 12.1 Å². The van der Waals surface area contributed by atoms with Crippen molar-refractivity contribution in [2.45, 2.75) is 51.6 Å². The minimum atomic E-state index is 0.789. The zero-order valence-electron chi connectivity index (χ0n) is 11.6. The molecular weight excluding hydrogens is 210 g/mol. The smallest absolute Gasteiger partial charge is 0.0220 e. The van der Waals surface area contributed by atoms with Gasteiger partial charge in [-0.1, -0.05) is 13.8 Å². The third kappa shape index (κ3) is 3.43. The SMILES string of the molecule is CCC1CN(C2CCNCC2)CCCN1CC. The van der Waals surface area contributed by atoms with Gasteiger partial charge < -0.3 is 5.32 Å². The standard InChI is InChI=1S/C14H29N3/c1-3-13-12-17(11-5-10-16(13)4-2)14-6-8-15-9-7-14/h13-15H,3-12H2,1-2H3. The molecule has 0 aliphatic carbocycles. The highest BCUT2D eigenvalue weighted by molar-refractivity contribution is 4.84. The second-order valence-electron chi connectivity index (χ2n) is 5.52. The van der Waals surface area contributed by atoms with Gasteiger partial charge in [0.15, 0.2) is 0 Å². The zero-order valence-corrected chi connectivity index (χ0v) is 11.6. The zero-order chi connectivity index (χ0) is 12.1. The van der Waals surface area contributed by atoms with E-state index in [9.17, 15) is 0 Å². The Morgan fingerprint density at radius 3 is 2.53 bits per heavy atom. The highest BCUT2D eigenvalue weighted by atomic mass is 15.3. The lowest BCUT2D eigenvalue weighted by Crippen LogP contribution is -2.47. The Morgan fingerprint density at radius 1 is 1.12 bits per heavy atom. The Morgan fingerprint density at radius 2 is 1.88 bits per heavy atom. The molecule has 0 aromatic carbocycles. The van der Waals surface area contributed by atoms with Crippen LogP contribution < -0.4 is 5.32 Å². The molecule has 0 radical (unpaired) electrons. The Kier molecular flexibility index (Phi) is 5.26. The second kappa shape index (κ2) is 6.72. The van der Waals surface area contributed by atoms with Crippen molar-refractivity contribution in [1.29, 1.82) is 0 Å². The molecule has 1 atom stereocenters. The fourth-order valence-electron chi connectivity index (χ4n) is 3.44. The summed E-state index contributed by atoms with van der Waals surface area (Å²) in [6.07, 6.45) is 5.36. The first-order valence-electron chi connectivity index (χ1n) is 7.54. The molecule has 2 aliphatic rings. The van der Waals surface area contributed by atoms with Crippen molar-refractivity contribution < 1.29 is 0 Å². The number of nitrogens with one attached hydrogen (secondary N) is 1. The van der Waals surface area contributed by atoms with Crippen LogP contribution in [0.1, 0.15) is 39.5 Å². The average molecular weight is 239 g/mol. The van der Waals surface area contributed by atoms with Crippen LogP contribution in [0.3, 0.4) is 0 Å². The topological polar surface area (TPSA) is 18.5 Å². The van der Waals surface area contributed by atoms with E-state index in [4.69, 9.17) is 0 Å². The minimum Gasteiger partial charge on any atom is -0.317 e. The lowest BCUT2D eigenvalue weighted by Gasteiger charge is -2.36. The quantitative estimate of drug-likeness (QED) is 0.806. The van der Waals surface area contributed by atoms with Crippen LogP contribution >= 0.6 is 0 Å². The van der Waals surface area contributed by atoms with Crippen molar-refractivity contribution >= 4 is 0 Å². The summed E-state index contributed by atoms with van der Waals surface area (Å²) in [5.74, 6) is 0. The van der Waals surface area contributed by atoms with Crippen LogP contribution in [0.2, 0.25) is 0 Å². The molecule has 0 aromatic heterocycles. The first-order valence-corrected chi connectivity index (χ1v) is 7.54. The van der Waals surface area contributed by atoms with Gasteiger partial charge in [0.2, 0.25) is 0 Å². The predicted octanol–water partition coefficient (Wildman–Crippen LogP) is 1.54. The van der Waals surface area contributed by atoms with Gasteiger partial charge in [-0.3, -0.25) is 9.80 Å². The van der Waals surface area contributed by atoms with Gasteiger partial charge in [0, 0.05) is 18.6 Å². The highest BCUT2D eigenvalue weighted by Gasteiger charge is 2.27. The Hall–Kier alpha value is -0.120. The van der Waals surface area contributed by atoms with E-state index < -0.39 is 0 Å². The molecule has 2 rings (SSSR count). The van der Waals surface area contributed by atoms with Crippen LogP contribution in [0.4, 0.5) is 0 Å². The molecule has 17 heavy (non-hydrogen) atoms. The molecular formula is C14H29N3. The van der Waals surface area contributed by atoms with Crippen LogP contribution in [0.5, 0.6) is 0 Å². The van der Waals surface area contributed by atoms with E-state index >= 15 is 0 Å². The lowest BCUT2D eigenvalue weighted by molar-refractivity contribution is 0.131. The summed E-state index contributed by atoms with van der Waals surface area (Å²) in [6, 6.07) is 1.64. The van der Waals surface area contributed by atoms with Crippen molar-refractivity contribution in [3.8, 4) is 0 Å². The molecule has 2 saturated heterocycles. The molecule has 100 valence electrons. The van der Waals surface area contributed by atoms with E-state index in [1.807, 2.05) is 0 Å². The highest BCUT2D eigenvalue weighted by Crippen LogP contribution is 2.19. The molecule has 3 heteroatoms. The van der Waals surface area contributed by atoms with Gasteiger partial charge >= 0.3 is 0 Å². The van der Waals surface area contributed by atoms with Gasteiger partial charge in [-0.15, -0.1) is 0 Å². The number of likely N-dealkylation sites (N-methyl/N-ethyl adjacent to an activating group) is 1. The van der Waals surface area contributed by atoms with Gasteiger partial charge in [0.25, 0.3) is 0 Å². The number of piperidine rings is 1. The van der Waals surface area contributed by atoms with E-state index in [2.05, 4.69) is 29.0 Å². The molecule has 2 aliphatic heterocycles. The first kappa shape index (κ1) is 13.3.